The first-order valence-corrected chi connectivity index (χ1v) is 8.66. The van der Waals surface area contributed by atoms with E-state index in [1.807, 2.05) is 45.9 Å². The Labute approximate surface area is 155 Å². The van der Waals surface area contributed by atoms with Crippen LogP contribution in [-0.2, 0) is 10.2 Å². The smallest absolute Gasteiger partial charge is 0.276 e. The third kappa shape index (κ3) is 4.92. The second-order valence-corrected chi connectivity index (χ2v) is 7.91. The van der Waals surface area contributed by atoms with Crippen LogP contribution in [0.2, 0.25) is 0 Å². The highest BCUT2D eigenvalue weighted by Crippen LogP contribution is 2.23. The molecule has 2 amide bonds. The number of carbonyl (C=O) groups excluding carboxylic acids is 2. The fourth-order valence-corrected chi connectivity index (χ4v) is 2.64. The van der Waals surface area contributed by atoms with Crippen LogP contribution in [-0.4, -0.2) is 35.5 Å². The van der Waals surface area contributed by atoms with Crippen molar-refractivity contribution in [3.05, 3.63) is 45.8 Å². The predicted molar refractivity (Wildman–Crippen MR) is 99.7 cm³/mol. The van der Waals surface area contributed by atoms with Crippen LogP contribution in [0.3, 0.4) is 0 Å². The summed E-state index contributed by atoms with van der Waals surface area (Å²) in [5.74, 6) is -0.0121. The highest BCUT2D eigenvalue weighted by atomic mass is 79.9. The van der Waals surface area contributed by atoms with Crippen LogP contribution in [0.5, 0.6) is 0 Å². The maximum Gasteiger partial charge on any atom is 0.276 e. The molecule has 0 saturated heterocycles. The Morgan fingerprint density at radius 1 is 1.28 bits per heavy atom. The lowest BCUT2D eigenvalue weighted by molar-refractivity contribution is -0.116. The summed E-state index contributed by atoms with van der Waals surface area (Å²) < 4.78 is 6.17. The number of hydrogen-bond donors (Lipinski definition) is 1. The number of benzene rings is 1. The summed E-state index contributed by atoms with van der Waals surface area (Å²) in [6, 6.07) is 7.19. The fraction of sp³-hybridized carbons (Fsp3) is 0.389. The first kappa shape index (κ1) is 19.2. The first-order chi connectivity index (χ1) is 11.6. The van der Waals surface area contributed by atoms with E-state index in [9.17, 15) is 9.59 Å². The molecule has 1 aromatic heterocycles. The lowest BCUT2D eigenvalue weighted by Crippen LogP contribution is -2.35. The van der Waals surface area contributed by atoms with Crippen LogP contribution < -0.4 is 5.32 Å². The lowest BCUT2D eigenvalue weighted by Gasteiger charge is -2.16. The molecule has 0 aliphatic rings. The van der Waals surface area contributed by atoms with Gasteiger partial charge in [-0.3, -0.25) is 9.59 Å². The van der Waals surface area contributed by atoms with Gasteiger partial charge in [0.1, 0.15) is 5.76 Å². The molecule has 0 aliphatic carbocycles. The molecule has 2 aromatic rings. The van der Waals surface area contributed by atoms with Gasteiger partial charge in [-0.1, -0.05) is 41.9 Å². The molecule has 0 saturated carbocycles. The Balaban J connectivity index is 2.00. The van der Waals surface area contributed by atoms with E-state index in [2.05, 4.69) is 26.4 Å². The summed E-state index contributed by atoms with van der Waals surface area (Å²) in [4.78, 5) is 25.9. The second-order valence-electron chi connectivity index (χ2n) is 7.00. The normalized spacial score (nSPS) is 11.3. The lowest BCUT2D eigenvalue weighted by atomic mass is 9.93. The summed E-state index contributed by atoms with van der Waals surface area (Å²) in [6.45, 7) is 7.74. The molecule has 0 spiro atoms. The third-order valence-corrected chi connectivity index (χ3v) is 4.15. The van der Waals surface area contributed by atoms with E-state index >= 15 is 0 Å². The minimum absolute atomic E-state index is 0.0773. The number of nitrogens with zero attached hydrogens (tertiary/aromatic N) is 2. The van der Waals surface area contributed by atoms with E-state index in [1.165, 1.54) is 4.90 Å². The van der Waals surface area contributed by atoms with E-state index in [0.29, 0.717) is 11.4 Å². The zero-order chi connectivity index (χ0) is 18.8. The Morgan fingerprint density at radius 2 is 1.96 bits per heavy atom. The SMILES string of the molecule is Cc1cc(Br)ccc1NC(=O)CN(C)C(=O)c1cc(C(C)(C)C)on1. The quantitative estimate of drug-likeness (QED) is 0.836. The van der Waals surface area contributed by atoms with Crippen LogP contribution in [0.1, 0.15) is 42.6 Å². The molecule has 134 valence electrons. The number of anilines is 1. The number of aromatic nitrogens is 1. The van der Waals surface area contributed by atoms with Crippen LogP contribution in [0, 0.1) is 6.92 Å². The van der Waals surface area contributed by atoms with Gasteiger partial charge in [0.2, 0.25) is 5.91 Å². The van der Waals surface area contributed by atoms with Crippen molar-refractivity contribution in [3.63, 3.8) is 0 Å². The van der Waals surface area contributed by atoms with Gasteiger partial charge < -0.3 is 14.7 Å². The molecule has 0 radical (unpaired) electrons. The molecule has 0 unspecified atom stereocenters. The molecule has 0 fully saturated rings. The highest BCUT2D eigenvalue weighted by molar-refractivity contribution is 9.10. The Morgan fingerprint density at radius 3 is 2.52 bits per heavy atom. The minimum atomic E-state index is -0.359. The number of hydrogen-bond acceptors (Lipinski definition) is 4. The number of aryl methyl sites for hydroxylation is 1. The fourth-order valence-electron chi connectivity index (χ4n) is 2.17. The third-order valence-electron chi connectivity index (χ3n) is 3.66. The van der Waals surface area contributed by atoms with Crippen molar-refractivity contribution in [2.24, 2.45) is 0 Å². The summed E-state index contributed by atoms with van der Waals surface area (Å²) in [6.07, 6.45) is 0. The summed E-state index contributed by atoms with van der Waals surface area (Å²) in [7, 11) is 1.56. The summed E-state index contributed by atoms with van der Waals surface area (Å²) in [5.41, 5.74) is 1.61. The van der Waals surface area contributed by atoms with Gasteiger partial charge in [-0.05, 0) is 30.7 Å². The maximum absolute atomic E-state index is 12.4. The largest absolute Gasteiger partial charge is 0.360 e. The molecule has 1 heterocycles. The first-order valence-electron chi connectivity index (χ1n) is 7.86. The van der Waals surface area contributed by atoms with Crippen molar-refractivity contribution >= 4 is 33.4 Å². The van der Waals surface area contributed by atoms with Crippen molar-refractivity contribution < 1.29 is 14.1 Å². The van der Waals surface area contributed by atoms with Gasteiger partial charge in [0.15, 0.2) is 5.69 Å². The molecule has 0 bridgehead atoms. The zero-order valence-electron chi connectivity index (χ0n) is 15.0. The Bertz CT molecular complexity index is 793. The number of halogens is 1. The van der Waals surface area contributed by atoms with Crippen molar-refractivity contribution in [2.45, 2.75) is 33.1 Å². The average Bonchev–Trinajstić information content (AvgIpc) is 2.99. The van der Waals surface area contributed by atoms with E-state index in [-0.39, 0.29) is 29.5 Å². The molecule has 0 atom stereocenters. The second kappa shape index (κ2) is 7.39. The van der Waals surface area contributed by atoms with Crippen molar-refractivity contribution in [3.8, 4) is 0 Å². The van der Waals surface area contributed by atoms with E-state index < -0.39 is 0 Å². The number of likely N-dealkylation sites (N-methyl/N-ethyl adjacent to an activating group) is 1. The molecule has 1 aromatic carbocycles. The van der Waals surface area contributed by atoms with Crippen LogP contribution in [0.25, 0.3) is 0 Å². The molecule has 25 heavy (non-hydrogen) atoms. The van der Waals surface area contributed by atoms with Crippen LogP contribution >= 0.6 is 15.9 Å². The van der Waals surface area contributed by atoms with E-state index in [1.54, 1.807) is 13.1 Å². The van der Waals surface area contributed by atoms with Crippen molar-refractivity contribution in [1.82, 2.24) is 10.1 Å². The van der Waals surface area contributed by atoms with Crippen LogP contribution in [0.4, 0.5) is 5.69 Å². The van der Waals surface area contributed by atoms with Crippen LogP contribution in [0.15, 0.2) is 33.3 Å². The molecular weight excluding hydrogens is 386 g/mol. The molecule has 2 rings (SSSR count). The highest BCUT2D eigenvalue weighted by Gasteiger charge is 2.24. The number of rotatable bonds is 4. The van der Waals surface area contributed by atoms with Gasteiger partial charge >= 0.3 is 0 Å². The number of carbonyl (C=O) groups is 2. The standard InChI is InChI=1S/C18H22BrN3O3/c1-11-8-12(19)6-7-13(11)20-16(23)10-22(5)17(24)14-9-15(25-21-14)18(2,3)4/h6-9H,10H2,1-5H3,(H,20,23). The number of amides is 2. The minimum Gasteiger partial charge on any atom is -0.360 e. The number of nitrogens with one attached hydrogen (secondary N) is 1. The van der Waals surface area contributed by atoms with Gasteiger partial charge in [-0.2, -0.15) is 0 Å². The maximum atomic E-state index is 12.4. The average molecular weight is 408 g/mol. The van der Waals surface area contributed by atoms with Crippen molar-refractivity contribution in [1.29, 1.82) is 0 Å². The molecule has 1 N–H and O–H groups in total. The van der Waals surface area contributed by atoms with E-state index in [0.717, 1.165) is 10.0 Å². The molecule has 0 aliphatic heterocycles. The van der Waals surface area contributed by atoms with Crippen molar-refractivity contribution in [2.75, 3.05) is 18.9 Å². The molecular formula is C18H22BrN3O3. The Kier molecular flexibility index (Phi) is 5.67. The topological polar surface area (TPSA) is 75.4 Å². The molecule has 6 nitrogen and oxygen atoms in total. The van der Waals surface area contributed by atoms with Gasteiger partial charge in [0, 0.05) is 28.7 Å². The predicted octanol–water partition coefficient (Wildman–Crippen LogP) is 3.75. The Hall–Kier alpha value is -2.15. The zero-order valence-corrected chi connectivity index (χ0v) is 16.6. The van der Waals surface area contributed by atoms with Gasteiger partial charge in [-0.25, -0.2) is 0 Å². The summed E-state index contributed by atoms with van der Waals surface area (Å²) >= 11 is 3.38. The van der Waals surface area contributed by atoms with E-state index in [4.69, 9.17) is 4.52 Å². The monoisotopic (exact) mass is 407 g/mol. The summed E-state index contributed by atoms with van der Waals surface area (Å²) in [5, 5.41) is 6.62. The van der Waals surface area contributed by atoms with Gasteiger partial charge in [0.05, 0.1) is 6.54 Å². The van der Waals surface area contributed by atoms with Gasteiger partial charge in [0.25, 0.3) is 5.91 Å². The molecule has 7 heteroatoms. The van der Waals surface area contributed by atoms with Gasteiger partial charge in [-0.15, -0.1) is 0 Å².